The number of hydrogen-bond acceptors (Lipinski definition) is 3. The molecule has 114 valence electrons. The molecule has 1 aromatic carbocycles. The Hall–Kier alpha value is -0.910. The van der Waals surface area contributed by atoms with Gasteiger partial charge in [-0.2, -0.15) is 0 Å². The molecule has 1 fully saturated rings. The van der Waals surface area contributed by atoms with Gasteiger partial charge >= 0.3 is 5.97 Å². The lowest BCUT2D eigenvalue weighted by molar-refractivity contribution is -0.143. The van der Waals surface area contributed by atoms with E-state index in [1.807, 2.05) is 6.26 Å². The van der Waals surface area contributed by atoms with E-state index in [1.54, 1.807) is 6.07 Å². The lowest BCUT2D eigenvalue weighted by Crippen LogP contribution is -2.48. The minimum Gasteiger partial charge on any atom is -0.480 e. The maximum Gasteiger partial charge on any atom is 0.326 e. The summed E-state index contributed by atoms with van der Waals surface area (Å²) in [5.41, 5.74) is 0.304. The Kier molecular flexibility index (Phi) is 5.41. The molecule has 0 radical (unpaired) electrons. The Bertz CT molecular complexity index is 580. The summed E-state index contributed by atoms with van der Waals surface area (Å²) in [6.45, 7) is 0.434. The number of carbonyl (C=O) groups is 2. The average Bonchev–Trinajstić information content (AvgIpc) is 2.46. The van der Waals surface area contributed by atoms with Crippen molar-refractivity contribution in [3.63, 3.8) is 0 Å². The van der Waals surface area contributed by atoms with Gasteiger partial charge < -0.3 is 10.0 Å². The monoisotopic (exact) mass is 347 g/mol. The number of halogens is 2. The van der Waals surface area contributed by atoms with Gasteiger partial charge in [0.15, 0.2) is 0 Å². The molecule has 0 saturated carbocycles. The third-order valence-electron chi connectivity index (χ3n) is 3.52. The molecule has 0 aromatic heterocycles. The summed E-state index contributed by atoms with van der Waals surface area (Å²) >= 11 is 13.6. The van der Waals surface area contributed by atoms with Crippen molar-refractivity contribution in [2.24, 2.45) is 0 Å². The minimum absolute atomic E-state index is 0.248. The van der Waals surface area contributed by atoms with Gasteiger partial charge in [0.1, 0.15) is 6.04 Å². The van der Waals surface area contributed by atoms with Gasteiger partial charge in [0, 0.05) is 11.4 Å². The number of benzene rings is 1. The number of amides is 1. The van der Waals surface area contributed by atoms with Gasteiger partial charge in [-0.3, -0.25) is 4.79 Å². The smallest absolute Gasteiger partial charge is 0.326 e. The molecule has 1 atom stereocenters. The van der Waals surface area contributed by atoms with Crippen LogP contribution in [0.2, 0.25) is 10.0 Å². The van der Waals surface area contributed by atoms with Gasteiger partial charge in [-0.1, -0.05) is 23.2 Å². The Morgan fingerprint density at radius 3 is 2.62 bits per heavy atom. The summed E-state index contributed by atoms with van der Waals surface area (Å²) in [5, 5.41) is 10.00. The fourth-order valence-electron chi connectivity index (χ4n) is 2.44. The predicted octanol–water partition coefficient (Wildman–Crippen LogP) is 3.79. The Morgan fingerprint density at radius 1 is 1.29 bits per heavy atom. The fourth-order valence-corrected chi connectivity index (χ4v) is 3.62. The van der Waals surface area contributed by atoms with Crippen LogP contribution in [0.25, 0.3) is 0 Å². The van der Waals surface area contributed by atoms with Crippen molar-refractivity contribution in [3.8, 4) is 0 Å². The van der Waals surface area contributed by atoms with Crippen molar-refractivity contribution in [1.29, 1.82) is 0 Å². The Morgan fingerprint density at radius 2 is 2.00 bits per heavy atom. The Labute approximate surface area is 137 Å². The first-order valence-electron chi connectivity index (χ1n) is 6.52. The first-order valence-corrected chi connectivity index (χ1v) is 8.50. The summed E-state index contributed by atoms with van der Waals surface area (Å²) in [6, 6.07) is 2.38. The maximum absolute atomic E-state index is 12.6. The van der Waals surface area contributed by atoms with Gasteiger partial charge in [-0.05, 0) is 37.7 Å². The number of nitrogens with zero attached hydrogens (tertiary/aromatic N) is 1. The highest BCUT2D eigenvalue weighted by atomic mass is 35.5. The van der Waals surface area contributed by atoms with Crippen LogP contribution in [0.5, 0.6) is 0 Å². The second-order valence-corrected chi connectivity index (χ2v) is 6.48. The summed E-state index contributed by atoms with van der Waals surface area (Å²) in [7, 11) is 0. The van der Waals surface area contributed by atoms with E-state index in [9.17, 15) is 14.7 Å². The normalized spacial score (nSPS) is 18.6. The number of thioether (sulfide) groups is 1. The molecule has 1 aromatic rings. The van der Waals surface area contributed by atoms with E-state index < -0.39 is 12.0 Å². The second kappa shape index (κ2) is 6.90. The summed E-state index contributed by atoms with van der Waals surface area (Å²) in [5.74, 6) is -1.32. The van der Waals surface area contributed by atoms with E-state index in [4.69, 9.17) is 23.2 Å². The van der Waals surface area contributed by atoms with E-state index >= 15 is 0 Å². The van der Waals surface area contributed by atoms with Gasteiger partial charge in [-0.15, -0.1) is 11.8 Å². The molecule has 1 unspecified atom stereocenters. The molecule has 1 N–H and O–H groups in total. The van der Waals surface area contributed by atoms with E-state index in [1.165, 1.54) is 22.7 Å². The summed E-state index contributed by atoms with van der Waals surface area (Å²) in [6.07, 6.45) is 3.94. The maximum atomic E-state index is 12.6. The van der Waals surface area contributed by atoms with Crippen molar-refractivity contribution in [2.75, 3.05) is 12.8 Å². The van der Waals surface area contributed by atoms with Gasteiger partial charge in [0.25, 0.3) is 5.91 Å². The third-order valence-corrected chi connectivity index (χ3v) is 5.04. The first-order chi connectivity index (χ1) is 9.95. The molecule has 0 spiro atoms. The fraction of sp³-hybridized carbons (Fsp3) is 0.429. The largest absolute Gasteiger partial charge is 0.480 e. The van der Waals surface area contributed by atoms with Crippen molar-refractivity contribution >= 4 is 46.8 Å². The van der Waals surface area contributed by atoms with Crippen LogP contribution >= 0.6 is 35.0 Å². The van der Waals surface area contributed by atoms with E-state index in [-0.39, 0.29) is 10.9 Å². The van der Waals surface area contributed by atoms with Crippen LogP contribution in [-0.2, 0) is 4.79 Å². The van der Waals surface area contributed by atoms with E-state index in [0.29, 0.717) is 23.6 Å². The van der Waals surface area contributed by atoms with Crippen LogP contribution in [-0.4, -0.2) is 40.7 Å². The molecule has 1 saturated heterocycles. The molecule has 0 aliphatic carbocycles. The zero-order valence-corrected chi connectivity index (χ0v) is 13.8. The van der Waals surface area contributed by atoms with Crippen molar-refractivity contribution in [2.45, 2.75) is 30.2 Å². The highest BCUT2D eigenvalue weighted by Crippen LogP contribution is 2.32. The molecule has 1 amide bonds. The molecule has 4 nitrogen and oxygen atoms in total. The number of rotatable bonds is 3. The highest BCUT2D eigenvalue weighted by Gasteiger charge is 2.33. The zero-order chi connectivity index (χ0) is 15.6. The number of hydrogen-bond donors (Lipinski definition) is 1. The number of carbonyl (C=O) groups excluding carboxylic acids is 1. The summed E-state index contributed by atoms with van der Waals surface area (Å²) in [4.78, 5) is 26.1. The molecular formula is C14H15Cl2NO3S. The van der Waals surface area contributed by atoms with Crippen LogP contribution in [0.15, 0.2) is 17.0 Å². The minimum atomic E-state index is -0.974. The molecule has 1 aliphatic rings. The summed E-state index contributed by atoms with van der Waals surface area (Å²) < 4.78 is 0. The molecular weight excluding hydrogens is 333 g/mol. The number of likely N-dealkylation sites (tertiary alicyclic amines) is 1. The topological polar surface area (TPSA) is 57.6 Å². The van der Waals surface area contributed by atoms with Crippen LogP contribution < -0.4 is 0 Å². The lowest BCUT2D eigenvalue weighted by atomic mass is 10.0. The first kappa shape index (κ1) is 16.5. The van der Waals surface area contributed by atoms with E-state index in [2.05, 4.69) is 0 Å². The van der Waals surface area contributed by atoms with Crippen LogP contribution in [0.3, 0.4) is 0 Å². The Balaban J connectivity index is 2.36. The van der Waals surface area contributed by atoms with Gasteiger partial charge in [0.05, 0.1) is 15.6 Å². The lowest BCUT2D eigenvalue weighted by Gasteiger charge is -2.33. The molecule has 1 aliphatic heterocycles. The van der Waals surface area contributed by atoms with E-state index in [0.717, 1.165) is 17.7 Å². The zero-order valence-electron chi connectivity index (χ0n) is 11.4. The van der Waals surface area contributed by atoms with Gasteiger partial charge in [-0.25, -0.2) is 4.79 Å². The average molecular weight is 348 g/mol. The number of carboxylic acids is 1. The highest BCUT2D eigenvalue weighted by molar-refractivity contribution is 7.98. The SMILES string of the molecule is CSc1cc(C(=O)N2CCCCC2C(=O)O)c(Cl)cc1Cl. The van der Waals surface area contributed by atoms with Crippen LogP contribution in [0.4, 0.5) is 0 Å². The second-order valence-electron chi connectivity index (χ2n) is 4.81. The number of aliphatic carboxylic acids is 1. The van der Waals surface area contributed by atoms with Crippen molar-refractivity contribution < 1.29 is 14.7 Å². The van der Waals surface area contributed by atoms with Crippen LogP contribution in [0.1, 0.15) is 29.6 Å². The molecule has 7 heteroatoms. The van der Waals surface area contributed by atoms with Crippen molar-refractivity contribution in [3.05, 3.63) is 27.7 Å². The number of carboxylic acid groups (broad SMARTS) is 1. The predicted molar refractivity (Wildman–Crippen MR) is 84.6 cm³/mol. The van der Waals surface area contributed by atoms with Crippen molar-refractivity contribution in [1.82, 2.24) is 4.90 Å². The number of piperidine rings is 1. The van der Waals surface area contributed by atoms with Gasteiger partial charge in [0.2, 0.25) is 0 Å². The third kappa shape index (κ3) is 3.47. The van der Waals surface area contributed by atoms with Crippen LogP contribution in [0, 0.1) is 0 Å². The quantitative estimate of drug-likeness (QED) is 0.845. The molecule has 0 bridgehead atoms. The standard InChI is InChI=1S/C14H15Cl2NO3S/c1-21-12-6-8(9(15)7-10(12)16)13(18)17-5-3-2-4-11(17)14(19)20/h6-7,11H,2-5H2,1H3,(H,19,20). The molecule has 1 heterocycles. The molecule has 2 rings (SSSR count). The molecule has 21 heavy (non-hydrogen) atoms.